The molecule has 0 N–H and O–H groups in total. The first-order chi connectivity index (χ1) is 20.1. The molecule has 0 spiro atoms. The van der Waals surface area contributed by atoms with E-state index >= 15 is 0 Å². The van der Waals surface area contributed by atoms with E-state index in [1.54, 1.807) is 48.5 Å². The molecule has 4 rings (SSSR count). The Labute approximate surface area is 257 Å². The molecule has 9 nitrogen and oxygen atoms in total. The summed E-state index contributed by atoms with van der Waals surface area (Å²) in [6.07, 6.45) is 1.92. The summed E-state index contributed by atoms with van der Waals surface area (Å²) >= 11 is 1.30. The molecule has 1 aromatic heterocycles. The van der Waals surface area contributed by atoms with Crippen LogP contribution in [0.2, 0.25) is 0 Å². The van der Waals surface area contributed by atoms with E-state index in [4.69, 9.17) is 13.1 Å². The van der Waals surface area contributed by atoms with Crippen LogP contribution in [0.4, 0.5) is 0 Å². The van der Waals surface area contributed by atoms with Crippen LogP contribution >= 0.6 is 11.3 Å². The van der Waals surface area contributed by atoms with Crippen LogP contribution in [0, 0.1) is 0 Å². The Morgan fingerprint density at radius 2 is 1.30 bits per heavy atom. The summed E-state index contributed by atoms with van der Waals surface area (Å²) in [6, 6.07) is 18.9. The predicted octanol–water partition coefficient (Wildman–Crippen LogP) is 5.97. The number of nitrogens with zero attached hydrogens (tertiary/aromatic N) is 1. The molecule has 43 heavy (non-hydrogen) atoms. The molecule has 230 valence electrons. The smallest absolute Gasteiger partial charge is 0.306 e. The maximum Gasteiger partial charge on any atom is 0.306 e. The molecule has 0 aliphatic carbocycles. The highest BCUT2D eigenvalue weighted by Crippen LogP contribution is 2.42. The third-order valence-corrected chi connectivity index (χ3v) is 8.75. The molecule has 4 aromatic rings. The largest absolute Gasteiger partial charge is 0.492 e. The first-order valence-electron chi connectivity index (χ1n) is 13.6. The fourth-order valence-corrected chi connectivity index (χ4v) is 6.95. The van der Waals surface area contributed by atoms with Crippen molar-refractivity contribution in [2.45, 2.75) is 39.8 Å². The molecule has 0 saturated carbocycles. The van der Waals surface area contributed by atoms with E-state index < -0.39 is 20.2 Å². The first kappa shape index (κ1) is 32.5. The summed E-state index contributed by atoms with van der Waals surface area (Å²) in [5.41, 5.74) is 1.55. The minimum atomic E-state index is -3.74. The van der Waals surface area contributed by atoms with E-state index in [0.29, 0.717) is 56.1 Å². The second-order valence-corrected chi connectivity index (χ2v) is 14.9. The number of hydrogen-bond acceptors (Lipinski definition) is 10. The Morgan fingerprint density at radius 3 is 1.86 bits per heavy atom. The lowest BCUT2D eigenvalue weighted by Gasteiger charge is -2.30. The molecule has 0 unspecified atom stereocenters. The van der Waals surface area contributed by atoms with Crippen molar-refractivity contribution < 1.29 is 34.7 Å². The second kappa shape index (κ2) is 13.0. The van der Waals surface area contributed by atoms with Crippen molar-refractivity contribution in [1.29, 1.82) is 0 Å². The van der Waals surface area contributed by atoms with Crippen LogP contribution in [-0.4, -0.2) is 65.3 Å². The number of carbonyl (C=O) groups is 1. The predicted molar refractivity (Wildman–Crippen MR) is 171 cm³/mol. The van der Waals surface area contributed by atoms with Gasteiger partial charge in [-0.15, -0.1) is 11.3 Å². The van der Waals surface area contributed by atoms with Crippen LogP contribution < -0.4 is 13.1 Å². The number of hydrogen-bond donors (Lipinski definition) is 0. The van der Waals surface area contributed by atoms with Gasteiger partial charge in [-0.05, 0) is 100.0 Å². The van der Waals surface area contributed by atoms with Gasteiger partial charge in [0.1, 0.15) is 23.9 Å². The van der Waals surface area contributed by atoms with E-state index in [2.05, 4.69) is 32.6 Å². The molecule has 0 atom stereocenters. The topological polar surface area (TPSA) is 116 Å². The molecule has 0 amide bonds. The zero-order valence-electron chi connectivity index (χ0n) is 24.9. The Balaban J connectivity index is 1.67. The van der Waals surface area contributed by atoms with Gasteiger partial charge in [0.05, 0.1) is 12.5 Å². The molecule has 3 aromatic carbocycles. The summed E-state index contributed by atoms with van der Waals surface area (Å²) in [7, 11) is -7.45. The van der Waals surface area contributed by atoms with Crippen LogP contribution in [0.15, 0.2) is 66.7 Å². The molecule has 0 bridgehead atoms. The zero-order valence-corrected chi connectivity index (χ0v) is 27.3. The van der Waals surface area contributed by atoms with Crippen LogP contribution in [0.3, 0.4) is 0 Å². The number of ketones is 1. The Hall–Kier alpha value is -3.45. The third-order valence-electron chi connectivity index (χ3n) is 6.56. The van der Waals surface area contributed by atoms with E-state index in [1.807, 2.05) is 0 Å². The fraction of sp³-hybridized carbons (Fsp3) is 0.323. The highest BCUT2D eigenvalue weighted by molar-refractivity contribution is 7.86. The lowest BCUT2D eigenvalue weighted by atomic mass is 9.97. The fourth-order valence-electron chi connectivity index (χ4n) is 4.80. The minimum Gasteiger partial charge on any atom is -0.492 e. The van der Waals surface area contributed by atoms with Gasteiger partial charge in [0.2, 0.25) is 0 Å². The van der Waals surface area contributed by atoms with Gasteiger partial charge in [-0.3, -0.25) is 9.69 Å². The lowest BCUT2D eigenvalue weighted by Crippen LogP contribution is -2.39. The maximum atomic E-state index is 14.0. The van der Waals surface area contributed by atoms with Crippen molar-refractivity contribution in [3.63, 3.8) is 0 Å². The van der Waals surface area contributed by atoms with Gasteiger partial charge in [0.15, 0.2) is 5.78 Å². The van der Waals surface area contributed by atoms with Crippen molar-refractivity contribution in [3.8, 4) is 27.7 Å². The third kappa shape index (κ3) is 8.56. The quantitative estimate of drug-likeness (QED) is 0.128. The van der Waals surface area contributed by atoms with Gasteiger partial charge in [-0.25, -0.2) is 0 Å². The molecule has 1 heterocycles. The Bertz CT molecular complexity index is 1800. The van der Waals surface area contributed by atoms with Crippen LogP contribution in [-0.2, 0) is 20.2 Å². The second-order valence-electron chi connectivity index (χ2n) is 10.7. The van der Waals surface area contributed by atoms with Gasteiger partial charge in [-0.1, -0.05) is 0 Å². The molecule has 0 aliphatic rings. The first-order valence-corrected chi connectivity index (χ1v) is 18.1. The summed E-state index contributed by atoms with van der Waals surface area (Å²) in [5.74, 6) is 0.702. The van der Waals surface area contributed by atoms with Crippen LogP contribution in [0.25, 0.3) is 20.5 Å². The summed E-state index contributed by atoms with van der Waals surface area (Å²) in [4.78, 5) is 16.9. The summed E-state index contributed by atoms with van der Waals surface area (Å²) in [6.45, 7) is 9.90. The number of ether oxygens (including phenoxy) is 1. The SMILES string of the molecule is CC(C)N(CCOc1ccc(C(=O)c2c(-c3ccc(OS(C)(=O)=O)cc3)sc3cc(OS(C)(=O)=O)ccc23)cc1)C(C)C. The molecule has 0 radical (unpaired) electrons. The minimum absolute atomic E-state index is 0.133. The van der Waals surface area contributed by atoms with E-state index in [1.165, 1.54) is 29.5 Å². The maximum absolute atomic E-state index is 14.0. The van der Waals surface area contributed by atoms with Crippen molar-refractivity contribution in [1.82, 2.24) is 4.90 Å². The summed E-state index contributed by atoms with van der Waals surface area (Å²) in [5, 5.41) is 0.630. The van der Waals surface area contributed by atoms with Crippen LogP contribution in [0.5, 0.6) is 17.2 Å². The molecular formula is C31H35NO8S3. The molecule has 12 heteroatoms. The highest BCUT2D eigenvalue weighted by Gasteiger charge is 2.23. The lowest BCUT2D eigenvalue weighted by molar-refractivity contribution is 0.104. The molecular weight excluding hydrogens is 611 g/mol. The number of fused-ring (bicyclic) bond motifs is 1. The highest BCUT2D eigenvalue weighted by atomic mass is 32.2. The van der Waals surface area contributed by atoms with Gasteiger partial charge >= 0.3 is 20.2 Å². The zero-order chi connectivity index (χ0) is 31.5. The number of benzene rings is 3. The van der Waals surface area contributed by atoms with Gasteiger partial charge in [0, 0.05) is 44.7 Å². The van der Waals surface area contributed by atoms with E-state index in [-0.39, 0.29) is 17.3 Å². The molecule has 0 saturated heterocycles. The standard InChI is InChI=1S/C31H35NO8S3/c1-20(2)32(21(3)4)17-18-38-24-11-7-22(8-12-24)30(33)29-27-16-15-26(40-43(6,36)37)19-28(27)41-31(29)23-9-13-25(14-10-23)39-42(5,34)35/h7-16,19-21H,17-18H2,1-6H3. The Morgan fingerprint density at radius 1 is 0.767 bits per heavy atom. The average Bonchev–Trinajstić information content (AvgIpc) is 3.28. The van der Waals surface area contributed by atoms with Crippen molar-refractivity contribution in [2.75, 3.05) is 25.7 Å². The van der Waals surface area contributed by atoms with E-state index in [9.17, 15) is 21.6 Å². The molecule has 0 aliphatic heterocycles. The van der Waals surface area contributed by atoms with Crippen molar-refractivity contribution in [3.05, 3.63) is 77.9 Å². The number of rotatable bonds is 13. The molecule has 0 fully saturated rings. The van der Waals surface area contributed by atoms with Crippen LogP contribution in [0.1, 0.15) is 43.6 Å². The van der Waals surface area contributed by atoms with Crippen molar-refractivity contribution in [2.24, 2.45) is 0 Å². The Kier molecular flexibility index (Phi) is 9.85. The van der Waals surface area contributed by atoms with Gasteiger partial charge in [-0.2, -0.15) is 16.8 Å². The monoisotopic (exact) mass is 645 g/mol. The summed E-state index contributed by atoms with van der Waals surface area (Å²) < 4.78 is 63.1. The van der Waals surface area contributed by atoms with E-state index in [0.717, 1.165) is 19.1 Å². The number of carbonyl (C=O) groups excluding carboxylic acids is 1. The van der Waals surface area contributed by atoms with Gasteiger partial charge in [0.25, 0.3) is 0 Å². The average molecular weight is 646 g/mol. The normalized spacial score (nSPS) is 12.3. The van der Waals surface area contributed by atoms with Crippen molar-refractivity contribution >= 4 is 47.4 Å². The number of thiophene rings is 1. The van der Waals surface area contributed by atoms with Gasteiger partial charge < -0.3 is 13.1 Å².